The zero-order valence-electron chi connectivity index (χ0n) is 16.5. The van der Waals surface area contributed by atoms with Gasteiger partial charge in [-0.2, -0.15) is 5.26 Å². The van der Waals surface area contributed by atoms with Crippen molar-refractivity contribution in [3.8, 4) is 6.07 Å². The van der Waals surface area contributed by atoms with E-state index in [-0.39, 0.29) is 17.5 Å². The highest BCUT2D eigenvalue weighted by atomic mass is 32.2. The van der Waals surface area contributed by atoms with Crippen LogP contribution in [0, 0.1) is 31.0 Å². The van der Waals surface area contributed by atoms with Crippen molar-refractivity contribution in [2.45, 2.75) is 33.2 Å². The van der Waals surface area contributed by atoms with E-state index in [9.17, 15) is 14.4 Å². The van der Waals surface area contributed by atoms with Gasteiger partial charge in [0, 0.05) is 25.3 Å². The van der Waals surface area contributed by atoms with E-state index in [0.29, 0.717) is 17.9 Å². The van der Waals surface area contributed by atoms with Gasteiger partial charge in [-0.3, -0.25) is 4.79 Å². The molecule has 1 aliphatic heterocycles. The van der Waals surface area contributed by atoms with Gasteiger partial charge in [0.15, 0.2) is 0 Å². The standard InChI is InChI=1S/C21H23FN4OS2/c1-14-15(2)26(12-16-5-7-17(22)8-6-16)20(18(14)11-23)24-19(27)13-29-21(28)25-9-3-4-10-25/h5-8H,3-4,9-10,12-13H2,1-2H3,(H,24,27). The van der Waals surface area contributed by atoms with E-state index in [0.717, 1.165) is 47.1 Å². The lowest BCUT2D eigenvalue weighted by molar-refractivity contribution is -0.113. The molecule has 1 amide bonds. The number of thioether (sulfide) groups is 1. The number of amides is 1. The third kappa shape index (κ3) is 4.98. The number of nitrogens with zero attached hydrogens (tertiary/aromatic N) is 3. The van der Waals surface area contributed by atoms with Crippen molar-refractivity contribution in [2.24, 2.45) is 0 Å². The number of anilines is 1. The Labute approximate surface area is 179 Å². The minimum atomic E-state index is -0.300. The molecule has 0 atom stereocenters. The molecule has 0 saturated carbocycles. The lowest BCUT2D eigenvalue weighted by atomic mass is 10.2. The predicted molar refractivity (Wildman–Crippen MR) is 119 cm³/mol. The molecule has 8 heteroatoms. The number of aromatic nitrogens is 1. The molecule has 152 valence electrons. The summed E-state index contributed by atoms with van der Waals surface area (Å²) in [6.45, 7) is 6.11. The summed E-state index contributed by atoms with van der Waals surface area (Å²) in [4.78, 5) is 14.7. The first-order valence-corrected chi connectivity index (χ1v) is 10.9. The van der Waals surface area contributed by atoms with Gasteiger partial charge in [0.25, 0.3) is 0 Å². The Morgan fingerprint density at radius 2 is 1.93 bits per heavy atom. The SMILES string of the molecule is Cc1c(C#N)c(NC(=O)CSC(=S)N2CCCC2)n(Cc2ccc(F)cc2)c1C. The van der Waals surface area contributed by atoms with Gasteiger partial charge in [-0.25, -0.2) is 4.39 Å². The highest BCUT2D eigenvalue weighted by Gasteiger charge is 2.21. The largest absolute Gasteiger partial charge is 0.358 e. The fourth-order valence-corrected chi connectivity index (χ4v) is 4.44. The van der Waals surface area contributed by atoms with Gasteiger partial charge in [0.1, 0.15) is 22.0 Å². The normalized spacial score (nSPS) is 13.4. The molecule has 5 nitrogen and oxygen atoms in total. The quantitative estimate of drug-likeness (QED) is 0.720. The van der Waals surface area contributed by atoms with Crippen LogP contribution in [-0.4, -0.2) is 38.5 Å². The van der Waals surface area contributed by atoms with E-state index in [1.54, 1.807) is 12.1 Å². The van der Waals surface area contributed by atoms with E-state index in [1.807, 2.05) is 18.4 Å². The van der Waals surface area contributed by atoms with E-state index < -0.39 is 0 Å². The third-order valence-electron chi connectivity index (χ3n) is 5.14. The second-order valence-corrected chi connectivity index (χ2v) is 8.66. The summed E-state index contributed by atoms with van der Waals surface area (Å²) in [5, 5.41) is 12.5. The van der Waals surface area contributed by atoms with Crippen LogP contribution >= 0.6 is 24.0 Å². The van der Waals surface area contributed by atoms with Gasteiger partial charge in [0.2, 0.25) is 5.91 Å². The van der Waals surface area contributed by atoms with Gasteiger partial charge in [-0.05, 0) is 49.9 Å². The van der Waals surface area contributed by atoms with Crippen molar-refractivity contribution >= 4 is 40.0 Å². The minimum absolute atomic E-state index is 0.194. The number of thiocarbonyl (C=S) groups is 1. The van der Waals surface area contributed by atoms with Crippen LogP contribution in [-0.2, 0) is 11.3 Å². The number of halogens is 1. The van der Waals surface area contributed by atoms with E-state index in [1.165, 1.54) is 23.9 Å². The van der Waals surface area contributed by atoms with E-state index in [4.69, 9.17) is 12.2 Å². The van der Waals surface area contributed by atoms with Gasteiger partial charge < -0.3 is 14.8 Å². The molecular formula is C21H23FN4OS2. The molecule has 0 bridgehead atoms. The highest BCUT2D eigenvalue weighted by molar-refractivity contribution is 8.23. The Balaban J connectivity index is 1.75. The number of hydrogen-bond donors (Lipinski definition) is 1. The van der Waals surface area contributed by atoms with Gasteiger partial charge in [0.05, 0.1) is 11.3 Å². The summed E-state index contributed by atoms with van der Waals surface area (Å²) in [7, 11) is 0. The molecule has 0 aliphatic carbocycles. The highest BCUT2D eigenvalue weighted by Crippen LogP contribution is 2.28. The smallest absolute Gasteiger partial charge is 0.235 e. The molecular weight excluding hydrogens is 407 g/mol. The molecule has 0 radical (unpaired) electrons. The van der Waals surface area contributed by atoms with Crippen LogP contribution < -0.4 is 5.32 Å². The molecule has 3 rings (SSSR count). The number of likely N-dealkylation sites (tertiary alicyclic amines) is 1. The number of nitriles is 1. The number of carbonyl (C=O) groups is 1. The van der Waals surface area contributed by atoms with Crippen LogP contribution in [0.3, 0.4) is 0 Å². The maximum absolute atomic E-state index is 13.2. The zero-order chi connectivity index (χ0) is 21.0. The molecule has 0 unspecified atom stereocenters. The topological polar surface area (TPSA) is 61.1 Å². The Morgan fingerprint density at radius 1 is 1.28 bits per heavy atom. The average molecular weight is 431 g/mol. The Bertz CT molecular complexity index is 957. The molecule has 1 aromatic heterocycles. The molecule has 1 aliphatic rings. The number of nitrogens with one attached hydrogen (secondary N) is 1. The molecule has 2 heterocycles. The van der Waals surface area contributed by atoms with E-state index in [2.05, 4.69) is 16.3 Å². The van der Waals surface area contributed by atoms with Crippen molar-refractivity contribution in [3.63, 3.8) is 0 Å². The summed E-state index contributed by atoms with van der Waals surface area (Å²) in [5.41, 5.74) is 3.05. The van der Waals surface area contributed by atoms with Crippen molar-refractivity contribution in [2.75, 3.05) is 24.2 Å². The van der Waals surface area contributed by atoms with Crippen molar-refractivity contribution < 1.29 is 9.18 Å². The van der Waals surface area contributed by atoms with Crippen LogP contribution in [0.4, 0.5) is 10.2 Å². The lowest BCUT2D eigenvalue weighted by Crippen LogP contribution is -2.26. The fourth-order valence-electron chi connectivity index (χ4n) is 3.39. The van der Waals surface area contributed by atoms with Crippen LogP contribution in [0.15, 0.2) is 24.3 Å². The number of hydrogen-bond acceptors (Lipinski definition) is 4. The van der Waals surface area contributed by atoms with Crippen molar-refractivity contribution in [1.29, 1.82) is 5.26 Å². The monoisotopic (exact) mass is 430 g/mol. The van der Waals surface area contributed by atoms with Crippen LogP contribution in [0.1, 0.15) is 35.2 Å². The van der Waals surface area contributed by atoms with Gasteiger partial charge >= 0.3 is 0 Å². The summed E-state index contributed by atoms with van der Waals surface area (Å²) < 4.78 is 15.9. The Morgan fingerprint density at radius 3 is 2.55 bits per heavy atom. The first kappa shape index (κ1) is 21.3. The van der Waals surface area contributed by atoms with E-state index >= 15 is 0 Å². The molecule has 1 fully saturated rings. The lowest BCUT2D eigenvalue weighted by Gasteiger charge is -2.17. The molecule has 29 heavy (non-hydrogen) atoms. The molecule has 2 aromatic rings. The van der Waals surface area contributed by atoms with Gasteiger partial charge in [-0.15, -0.1) is 0 Å². The maximum atomic E-state index is 13.2. The van der Waals surface area contributed by atoms with Crippen LogP contribution in [0.25, 0.3) is 0 Å². The second kappa shape index (κ2) is 9.42. The van der Waals surface area contributed by atoms with Crippen molar-refractivity contribution in [1.82, 2.24) is 9.47 Å². The summed E-state index contributed by atoms with van der Waals surface area (Å²) in [6.07, 6.45) is 2.27. The number of carbonyl (C=O) groups excluding carboxylic acids is 1. The molecule has 0 spiro atoms. The third-order valence-corrected chi connectivity index (χ3v) is 6.67. The maximum Gasteiger partial charge on any atom is 0.235 e. The summed E-state index contributed by atoms with van der Waals surface area (Å²) in [6, 6.07) is 8.41. The molecule has 1 aromatic carbocycles. The second-order valence-electron chi connectivity index (χ2n) is 7.06. The minimum Gasteiger partial charge on any atom is -0.358 e. The zero-order valence-corrected chi connectivity index (χ0v) is 18.1. The summed E-state index contributed by atoms with van der Waals surface area (Å²) in [5.74, 6) is 0.168. The fraction of sp³-hybridized carbons (Fsp3) is 0.381. The Kier molecular flexibility index (Phi) is 6.93. The number of benzene rings is 1. The average Bonchev–Trinajstić information content (AvgIpc) is 3.32. The van der Waals surface area contributed by atoms with Crippen LogP contribution in [0.2, 0.25) is 0 Å². The summed E-state index contributed by atoms with van der Waals surface area (Å²) >= 11 is 6.76. The molecule has 1 saturated heterocycles. The van der Waals surface area contributed by atoms with Crippen molar-refractivity contribution in [3.05, 3.63) is 52.5 Å². The predicted octanol–water partition coefficient (Wildman–Crippen LogP) is 4.22. The van der Waals surface area contributed by atoms with Crippen LogP contribution in [0.5, 0.6) is 0 Å². The first-order chi connectivity index (χ1) is 13.9. The molecule has 1 N–H and O–H groups in total. The van der Waals surface area contributed by atoms with Gasteiger partial charge in [-0.1, -0.05) is 36.1 Å². The Hall–Kier alpha value is -2.37. The number of rotatable bonds is 5. The first-order valence-electron chi connectivity index (χ1n) is 9.46.